The van der Waals surface area contributed by atoms with Crippen molar-refractivity contribution in [2.24, 2.45) is 28.2 Å². The molecule has 3 amide bonds. The lowest BCUT2D eigenvalue weighted by atomic mass is 9.69. The van der Waals surface area contributed by atoms with Gasteiger partial charge in [-0.05, 0) is 31.1 Å². The number of ether oxygens (including phenoxy) is 1. The highest BCUT2D eigenvalue weighted by atomic mass is 32.3. The van der Waals surface area contributed by atoms with Crippen molar-refractivity contribution in [1.82, 2.24) is 5.06 Å². The van der Waals surface area contributed by atoms with E-state index < -0.39 is 39.2 Å². The van der Waals surface area contributed by atoms with E-state index in [1.807, 2.05) is 13.8 Å². The number of nitrogens with two attached hydrogens (primary N) is 2. The molecule has 0 aromatic carbocycles. The van der Waals surface area contributed by atoms with Crippen LogP contribution < -0.4 is 11.5 Å². The van der Waals surface area contributed by atoms with Crippen LogP contribution in [0.4, 0.5) is 4.79 Å². The van der Waals surface area contributed by atoms with Gasteiger partial charge in [0.05, 0.1) is 19.3 Å². The number of urea groups is 1. The van der Waals surface area contributed by atoms with Crippen molar-refractivity contribution in [1.29, 1.82) is 0 Å². The lowest BCUT2D eigenvalue weighted by Crippen LogP contribution is -2.48. The molecule has 1 rings (SSSR count). The van der Waals surface area contributed by atoms with Crippen LogP contribution >= 0.6 is 0 Å². The van der Waals surface area contributed by atoms with Crippen LogP contribution in [0.5, 0.6) is 0 Å². The minimum Gasteiger partial charge on any atom is -0.465 e. The molecule has 1 aliphatic rings. The number of rotatable bonds is 11. The highest BCUT2D eigenvalue weighted by Crippen LogP contribution is 2.39. The topological polar surface area (TPSA) is 168 Å². The van der Waals surface area contributed by atoms with Crippen molar-refractivity contribution < 1.29 is 36.0 Å². The van der Waals surface area contributed by atoms with E-state index in [4.69, 9.17) is 24.7 Å². The molecular weight excluding hydrogens is 430 g/mol. The first-order chi connectivity index (χ1) is 14.1. The Bertz CT molecular complexity index is 758. The maximum atomic E-state index is 12.4. The number of hydroxylamine groups is 2. The predicted octanol–water partition coefficient (Wildman–Crippen LogP) is 1.61. The van der Waals surface area contributed by atoms with Gasteiger partial charge < -0.3 is 16.2 Å². The molecule has 0 aliphatic heterocycles. The Labute approximate surface area is 184 Å². The van der Waals surface area contributed by atoms with Gasteiger partial charge in [0.15, 0.2) is 0 Å². The molecule has 1 saturated carbocycles. The van der Waals surface area contributed by atoms with Crippen molar-refractivity contribution in [2.75, 3.05) is 13.2 Å². The zero-order valence-corrected chi connectivity index (χ0v) is 19.7. The number of hydrogen-bond acceptors (Lipinski definition) is 8. The van der Waals surface area contributed by atoms with E-state index in [9.17, 15) is 22.8 Å². The van der Waals surface area contributed by atoms with Crippen molar-refractivity contribution in [3.05, 3.63) is 0 Å². The van der Waals surface area contributed by atoms with Crippen LogP contribution in [-0.2, 0) is 33.2 Å². The number of carbonyl (C=O) groups is 3. The maximum Gasteiger partial charge on any atom is 0.421 e. The number of primary amides is 2. The first-order valence-corrected chi connectivity index (χ1v) is 11.6. The summed E-state index contributed by atoms with van der Waals surface area (Å²) in [6.07, 6.45) is 1.65. The zero-order chi connectivity index (χ0) is 24.0. The predicted molar refractivity (Wildman–Crippen MR) is 111 cm³/mol. The largest absolute Gasteiger partial charge is 0.465 e. The molecule has 1 fully saturated rings. The summed E-state index contributed by atoms with van der Waals surface area (Å²) in [5, 5.41) is 0.577. The van der Waals surface area contributed by atoms with Gasteiger partial charge in [0.2, 0.25) is 5.91 Å². The second kappa shape index (κ2) is 10.6. The smallest absolute Gasteiger partial charge is 0.421 e. The Balaban J connectivity index is 2.76. The lowest BCUT2D eigenvalue weighted by Gasteiger charge is -2.40. The van der Waals surface area contributed by atoms with Crippen molar-refractivity contribution in [3.8, 4) is 0 Å². The quantitative estimate of drug-likeness (QED) is 0.342. The van der Waals surface area contributed by atoms with Gasteiger partial charge in [0.25, 0.3) is 0 Å². The highest BCUT2D eigenvalue weighted by molar-refractivity contribution is 7.81. The molecule has 4 N–H and O–H groups in total. The van der Waals surface area contributed by atoms with E-state index in [1.165, 1.54) is 0 Å². The number of hydrogen-bond donors (Lipinski definition) is 2. The van der Waals surface area contributed by atoms with Crippen molar-refractivity contribution in [2.45, 2.75) is 72.8 Å². The summed E-state index contributed by atoms with van der Waals surface area (Å²) < 4.78 is 39.9. The van der Waals surface area contributed by atoms with E-state index in [0.29, 0.717) is 30.7 Å². The van der Waals surface area contributed by atoms with Gasteiger partial charge in [-0.1, -0.05) is 34.6 Å². The molecule has 0 atom stereocenters. The van der Waals surface area contributed by atoms with Gasteiger partial charge in [-0.2, -0.15) is 13.5 Å². The van der Waals surface area contributed by atoms with E-state index in [1.54, 1.807) is 20.8 Å². The van der Waals surface area contributed by atoms with Crippen LogP contribution in [0.25, 0.3) is 0 Å². The first-order valence-electron chi connectivity index (χ1n) is 10.2. The fraction of sp³-hybridized carbons (Fsp3) is 0.842. The molecule has 11 nitrogen and oxygen atoms in total. The molecule has 1 aliphatic carbocycles. The molecule has 0 saturated heterocycles. The lowest BCUT2D eigenvalue weighted by molar-refractivity contribution is -0.149. The van der Waals surface area contributed by atoms with Crippen LogP contribution in [0.1, 0.15) is 66.7 Å². The highest BCUT2D eigenvalue weighted by Gasteiger charge is 2.41. The van der Waals surface area contributed by atoms with Gasteiger partial charge in [-0.15, -0.1) is 4.28 Å². The first kappa shape index (κ1) is 27.1. The number of esters is 1. The third kappa shape index (κ3) is 7.93. The molecule has 180 valence electrons. The second-order valence-corrected chi connectivity index (χ2v) is 10.3. The normalized spacial score (nSPS) is 20.2. The fourth-order valence-corrected chi connectivity index (χ4v) is 3.84. The monoisotopic (exact) mass is 465 g/mol. The molecular formula is C19H35N3O8S. The molecule has 0 unspecified atom stereocenters. The average molecular weight is 466 g/mol. The molecule has 0 bridgehead atoms. The summed E-state index contributed by atoms with van der Waals surface area (Å²) in [6.45, 7) is 8.64. The average Bonchev–Trinajstić information content (AvgIpc) is 2.68. The minimum atomic E-state index is -4.61. The maximum absolute atomic E-state index is 12.4. The van der Waals surface area contributed by atoms with Gasteiger partial charge >= 0.3 is 22.4 Å². The van der Waals surface area contributed by atoms with E-state index in [2.05, 4.69) is 0 Å². The van der Waals surface area contributed by atoms with Crippen LogP contribution in [0.2, 0.25) is 0 Å². The van der Waals surface area contributed by atoms with E-state index >= 15 is 0 Å². The SMILES string of the molecule is CCC(=O)OCC(C)(C)C(C)(C)COS(=O)(=O)ON(C(N)=O)[C@H]1CC[C@H](C(N)=O)CC1. The second-order valence-electron chi connectivity index (χ2n) is 9.10. The standard InChI is InChI=1S/C19H35N3O8S/c1-6-15(23)28-11-18(2,3)19(4,5)12-29-31(26,27)30-22(17(21)25)14-9-7-13(8-10-14)16(20)24/h13-14H,6-12H2,1-5H3,(H2,20,24)(H2,21,25)/t13-,14-. The van der Waals surface area contributed by atoms with Crippen LogP contribution in [0.3, 0.4) is 0 Å². The number of amides is 3. The molecule has 0 heterocycles. The summed E-state index contributed by atoms with van der Waals surface area (Å²) in [6, 6.07) is -1.70. The Morgan fingerprint density at radius 3 is 1.94 bits per heavy atom. The molecule has 0 radical (unpaired) electrons. The summed E-state index contributed by atoms with van der Waals surface area (Å²) in [4.78, 5) is 34.5. The fourth-order valence-electron chi connectivity index (χ4n) is 2.97. The van der Waals surface area contributed by atoms with E-state index in [-0.39, 0.29) is 31.5 Å². The summed E-state index contributed by atoms with van der Waals surface area (Å²) in [5.41, 5.74) is 9.23. The van der Waals surface area contributed by atoms with Crippen molar-refractivity contribution >= 4 is 28.3 Å². The zero-order valence-electron chi connectivity index (χ0n) is 18.9. The summed E-state index contributed by atoms with van der Waals surface area (Å²) in [7, 11) is -4.61. The van der Waals surface area contributed by atoms with Crippen LogP contribution in [0.15, 0.2) is 0 Å². The Kier molecular flexibility index (Phi) is 9.27. The van der Waals surface area contributed by atoms with E-state index in [0.717, 1.165) is 0 Å². The third-order valence-corrected chi connectivity index (χ3v) is 6.85. The van der Waals surface area contributed by atoms with Crippen LogP contribution in [-0.4, -0.2) is 50.6 Å². The van der Waals surface area contributed by atoms with Gasteiger partial charge in [0, 0.05) is 17.8 Å². The Morgan fingerprint density at radius 2 is 1.48 bits per heavy atom. The molecule has 0 spiro atoms. The Morgan fingerprint density at radius 1 is 0.968 bits per heavy atom. The molecule has 31 heavy (non-hydrogen) atoms. The van der Waals surface area contributed by atoms with Gasteiger partial charge in [0.1, 0.15) is 0 Å². The minimum absolute atomic E-state index is 0.0768. The number of carbonyl (C=O) groups excluding carboxylic acids is 3. The Hall–Kier alpha value is -1.92. The molecule has 12 heteroatoms. The van der Waals surface area contributed by atoms with Crippen LogP contribution in [0, 0.1) is 16.7 Å². The third-order valence-electron chi connectivity index (χ3n) is 6.10. The molecule has 0 aromatic rings. The number of nitrogens with zero attached hydrogens (tertiary/aromatic N) is 1. The van der Waals surface area contributed by atoms with Gasteiger partial charge in [-0.3, -0.25) is 9.59 Å². The summed E-state index contributed by atoms with van der Waals surface area (Å²) >= 11 is 0. The van der Waals surface area contributed by atoms with Crippen molar-refractivity contribution in [3.63, 3.8) is 0 Å². The van der Waals surface area contributed by atoms with Gasteiger partial charge in [-0.25, -0.2) is 8.98 Å². The molecule has 0 aromatic heterocycles. The summed E-state index contributed by atoms with van der Waals surface area (Å²) in [5.74, 6) is -1.12.